The first-order valence-corrected chi connectivity index (χ1v) is 7.44. The fraction of sp³-hybridized carbons (Fsp3) is 0.143. The Labute approximate surface area is 146 Å². The molecule has 10 nitrogen and oxygen atoms in total. The highest BCUT2D eigenvalue weighted by Gasteiger charge is 2.25. The van der Waals surface area contributed by atoms with Crippen LogP contribution in [0.3, 0.4) is 0 Å². The first-order valence-electron chi connectivity index (χ1n) is 7.06. The van der Waals surface area contributed by atoms with E-state index < -0.39 is 16.5 Å². The lowest BCUT2D eigenvalue weighted by Gasteiger charge is -2.03. The second kappa shape index (κ2) is 6.69. The summed E-state index contributed by atoms with van der Waals surface area (Å²) in [7, 11) is 1.49. The number of carbonyl (C=O) groups is 1. The lowest BCUT2D eigenvalue weighted by molar-refractivity contribution is -0.385. The van der Waals surface area contributed by atoms with Gasteiger partial charge in [-0.2, -0.15) is 5.10 Å². The van der Waals surface area contributed by atoms with E-state index in [1.54, 1.807) is 6.07 Å². The Morgan fingerprint density at radius 2 is 2.12 bits per heavy atom. The Balaban J connectivity index is 1.74. The van der Waals surface area contributed by atoms with Crippen molar-refractivity contribution >= 4 is 29.1 Å². The summed E-state index contributed by atoms with van der Waals surface area (Å²) in [6, 6.07) is 7.27. The number of aryl methyl sites for hydroxylation is 1. The first kappa shape index (κ1) is 16.6. The molecule has 0 fully saturated rings. The molecule has 0 bridgehead atoms. The van der Waals surface area contributed by atoms with Crippen molar-refractivity contribution in [1.82, 2.24) is 24.5 Å². The van der Waals surface area contributed by atoms with Crippen molar-refractivity contribution in [3.05, 3.63) is 63.2 Å². The predicted molar refractivity (Wildman–Crippen MR) is 88.4 cm³/mol. The van der Waals surface area contributed by atoms with Crippen molar-refractivity contribution in [3.63, 3.8) is 0 Å². The Morgan fingerprint density at radius 1 is 1.36 bits per heavy atom. The molecule has 0 atom stereocenters. The van der Waals surface area contributed by atoms with Gasteiger partial charge in [-0.15, -0.1) is 5.10 Å². The van der Waals surface area contributed by atoms with Crippen LogP contribution < -0.4 is 5.32 Å². The van der Waals surface area contributed by atoms with Gasteiger partial charge in [0, 0.05) is 12.1 Å². The third kappa shape index (κ3) is 3.63. The molecule has 25 heavy (non-hydrogen) atoms. The number of rotatable bonds is 5. The molecule has 0 unspecified atom stereocenters. The maximum absolute atomic E-state index is 12.2. The van der Waals surface area contributed by atoms with Crippen LogP contribution in [-0.2, 0) is 13.6 Å². The standard InChI is InChI=1S/C14H12ClN7O3/c1-20-7-11(22(24)25)12(18-20)13(23)17-14-16-8-21(19-14)6-9-4-2-3-5-10(9)15/h2-5,7-8H,6H2,1H3,(H,17,19,23). The Kier molecular flexibility index (Phi) is 4.44. The Morgan fingerprint density at radius 3 is 2.84 bits per heavy atom. The number of nitrogens with one attached hydrogen (secondary N) is 1. The highest BCUT2D eigenvalue weighted by atomic mass is 35.5. The number of halogens is 1. The monoisotopic (exact) mass is 361 g/mol. The van der Waals surface area contributed by atoms with Gasteiger partial charge in [0.05, 0.1) is 11.5 Å². The number of aromatic nitrogens is 5. The van der Waals surface area contributed by atoms with Crippen LogP contribution in [0.1, 0.15) is 16.1 Å². The van der Waals surface area contributed by atoms with Gasteiger partial charge in [0.25, 0.3) is 5.91 Å². The molecule has 0 saturated heterocycles. The largest absolute Gasteiger partial charge is 0.320 e. The van der Waals surface area contributed by atoms with Crippen LogP contribution in [0.4, 0.5) is 11.6 Å². The van der Waals surface area contributed by atoms with Gasteiger partial charge < -0.3 is 0 Å². The molecule has 0 saturated carbocycles. The van der Waals surface area contributed by atoms with E-state index in [1.807, 2.05) is 18.2 Å². The van der Waals surface area contributed by atoms with Gasteiger partial charge in [-0.3, -0.25) is 24.9 Å². The van der Waals surface area contributed by atoms with Gasteiger partial charge in [0.15, 0.2) is 0 Å². The number of nitrogens with zero attached hydrogens (tertiary/aromatic N) is 6. The SMILES string of the molecule is Cn1cc([N+](=O)[O-])c(C(=O)Nc2ncn(Cc3ccccc3Cl)n2)n1. The highest BCUT2D eigenvalue weighted by Crippen LogP contribution is 2.18. The summed E-state index contributed by atoms with van der Waals surface area (Å²) in [5.41, 5.74) is 0.137. The van der Waals surface area contributed by atoms with E-state index in [1.165, 1.54) is 22.7 Å². The molecule has 2 aromatic heterocycles. The summed E-state index contributed by atoms with van der Waals surface area (Å²) >= 11 is 6.09. The van der Waals surface area contributed by atoms with Crippen LogP contribution in [-0.4, -0.2) is 35.4 Å². The fourth-order valence-corrected chi connectivity index (χ4v) is 2.36. The first-order chi connectivity index (χ1) is 11.9. The van der Waals surface area contributed by atoms with Gasteiger partial charge in [0.1, 0.15) is 12.5 Å². The molecule has 0 spiro atoms. The number of hydrogen-bond acceptors (Lipinski definition) is 6. The predicted octanol–water partition coefficient (Wildman–Crippen LogP) is 1.87. The van der Waals surface area contributed by atoms with Crippen LogP contribution in [0.2, 0.25) is 5.02 Å². The normalized spacial score (nSPS) is 10.6. The van der Waals surface area contributed by atoms with Gasteiger partial charge in [-0.25, -0.2) is 9.67 Å². The summed E-state index contributed by atoms with van der Waals surface area (Å²) in [5, 5.41) is 21.8. The maximum atomic E-state index is 12.2. The molecule has 0 aliphatic carbocycles. The van der Waals surface area contributed by atoms with E-state index in [9.17, 15) is 14.9 Å². The lowest BCUT2D eigenvalue weighted by atomic mass is 10.2. The van der Waals surface area contributed by atoms with Crippen molar-refractivity contribution in [2.75, 3.05) is 5.32 Å². The summed E-state index contributed by atoms with van der Waals surface area (Å²) in [6.45, 7) is 0.367. The lowest BCUT2D eigenvalue weighted by Crippen LogP contribution is -2.16. The number of nitro groups is 1. The van der Waals surface area contributed by atoms with E-state index in [2.05, 4.69) is 20.5 Å². The average molecular weight is 362 g/mol. The Hall–Kier alpha value is -3.27. The molecule has 0 aliphatic heterocycles. The van der Waals surface area contributed by atoms with Crippen LogP contribution in [0, 0.1) is 10.1 Å². The summed E-state index contributed by atoms with van der Waals surface area (Å²) in [5.74, 6) is -0.750. The minimum absolute atomic E-state index is 0.0111. The zero-order chi connectivity index (χ0) is 18.0. The number of benzene rings is 1. The summed E-state index contributed by atoms with van der Waals surface area (Å²) in [6.07, 6.45) is 2.57. The van der Waals surface area contributed by atoms with E-state index in [0.29, 0.717) is 11.6 Å². The molecule has 1 amide bonds. The topological polar surface area (TPSA) is 121 Å². The van der Waals surface area contributed by atoms with E-state index >= 15 is 0 Å². The molecule has 0 aliphatic rings. The van der Waals surface area contributed by atoms with Gasteiger partial charge in [-0.1, -0.05) is 29.8 Å². The van der Waals surface area contributed by atoms with Gasteiger partial charge in [0.2, 0.25) is 11.6 Å². The molecule has 1 N–H and O–H groups in total. The van der Waals surface area contributed by atoms with Crippen molar-refractivity contribution in [1.29, 1.82) is 0 Å². The third-order valence-corrected chi connectivity index (χ3v) is 3.64. The second-order valence-corrected chi connectivity index (χ2v) is 5.51. The van der Waals surface area contributed by atoms with E-state index in [-0.39, 0.29) is 11.6 Å². The van der Waals surface area contributed by atoms with Crippen LogP contribution >= 0.6 is 11.6 Å². The second-order valence-electron chi connectivity index (χ2n) is 5.11. The Bertz CT molecular complexity index is 950. The van der Waals surface area contributed by atoms with Crippen molar-refractivity contribution in [2.24, 2.45) is 7.05 Å². The smallest absolute Gasteiger partial charge is 0.287 e. The van der Waals surface area contributed by atoms with Crippen molar-refractivity contribution in [2.45, 2.75) is 6.54 Å². The quantitative estimate of drug-likeness (QED) is 0.547. The third-order valence-electron chi connectivity index (χ3n) is 3.27. The number of carbonyl (C=O) groups excluding carboxylic acids is 1. The van der Waals surface area contributed by atoms with Crippen LogP contribution in [0.25, 0.3) is 0 Å². The van der Waals surface area contributed by atoms with Gasteiger partial charge >= 0.3 is 5.69 Å². The minimum Gasteiger partial charge on any atom is -0.287 e. The summed E-state index contributed by atoms with van der Waals surface area (Å²) in [4.78, 5) is 26.4. The molecule has 2 heterocycles. The molecule has 3 rings (SSSR count). The molecule has 128 valence electrons. The van der Waals surface area contributed by atoms with Crippen LogP contribution in [0.5, 0.6) is 0 Å². The molecule has 3 aromatic rings. The zero-order valence-electron chi connectivity index (χ0n) is 13.0. The number of amides is 1. The average Bonchev–Trinajstić information content (AvgIpc) is 3.16. The number of hydrogen-bond donors (Lipinski definition) is 1. The number of anilines is 1. The van der Waals surface area contributed by atoms with E-state index in [0.717, 1.165) is 11.8 Å². The molecular formula is C14H12ClN7O3. The van der Waals surface area contributed by atoms with Crippen molar-refractivity contribution < 1.29 is 9.72 Å². The highest BCUT2D eigenvalue weighted by molar-refractivity contribution is 6.31. The summed E-state index contributed by atoms with van der Waals surface area (Å²) < 4.78 is 2.68. The molecule has 0 radical (unpaired) electrons. The molecular weight excluding hydrogens is 350 g/mol. The van der Waals surface area contributed by atoms with E-state index in [4.69, 9.17) is 11.6 Å². The van der Waals surface area contributed by atoms with Crippen LogP contribution in [0.15, 0.2) is 36.8 Å². The fourth-order valence-electron chi connectivity index (χ4n) is 2.16. The van der Waals surface area contributed by atoms with Gasteiger partial charge in [-0.05, 0) is 11.6 Å². The molecule has 11 heteroatoms. The minimum atomic E-state index is -0.761. The zero-order valence-corrected chi connectivity index (χ0v) is 13.7. The maximum Gasteiger partial charge on any atom is 0.320 e. The molecule has 1 aromatic carbocycles. The van der Waals surface area contributed by atoms with Crippen molar-refractivity contribution in [3.8, 4) is 0 Å².